The van der Waals surface area contributed by atoms with Gasteiger partial charge >= 0.3 is 0 Å². The molecule has 0 unspecified atom stereocenters. The van der Waals surface area contributed by atoms with Crippen LogP contribution in [0.4, 0.5) is 0 Å². The summed E-state index contributed by atoms with van der Waals surface area (Å²) in [5.41, 5.74) is 11.2. The maximum atomic E-state index is 7.46. The Labute approximate surface area is 121 Å². The van der Waals surface area contributed by atoms with Crippen molar-refractivity contribution in [2.75, 3.05) is 0 Å². The SMILES string of the molecule is Cc1ccc(C)c(-c2ccc(C(=N)N)cc2I)c1. The summed E-state index contributed by atoms with van der Waals surface area (Å²) in [5, 5.41) is 7.46. The maximum Gasteiger partial charge on any atom is 0.122 e. The molecular weight excluding hydrogens is 335 g/mol. The van der Waals surface area contributed by atoms with E-state index in [0.29, 0.717) is 0 Å². The smallest absolute Gasteiger partial charge is 0.122 e. The summed E-state index contributed by atoms with van der Waals surface area (Å²) in [7, 11) is 0. The van der Waals surface area contributed by atoms with Crippen LogP contribution in [0, 0.1) is 22.8 Å². The Morgan fingerprint density at radius 1 is 1.06 bits per heavy atom. The topological polar surface area (TPSA) is 49.9 Å². The van der Waals surface area contributed by atoms with E-state index in [1.54, 1.807) is 0 Å². The fraction of sp³-hybridized carbons (Fsp3) is 0.133. The molecule has 2 aromatic rings. The molecule has 18 heavy (non-hydrogen) atoms. The van der Waals surface area contributed by atoms with Gasteiger partial charge in [0.1, 0.15) is 5.84 Å². The predicted molar refractivity (Wildman–Crippen MR) is 85.1 cm³/mol. The van der Waals surface area contributed by atoms with Crippen molar-refractivity contribution in [1.82, 2.24) is 0 Å². The normalized spacial score (nSPS) is 10.4. The molecule has 0 bridgehead atoms. The molecule has 2 rings (SSSR count). The molecule has 0 aliphatic heterocycles. The molecule has 2 nitrogen and oxygen atoms in total. The highest BCUT2D eigenvalue weighted by atomic mass is 127. The average Bonchev–Trinajstić information content (AvgIpc) is 2.32. The van der Waals surface area contributed by atoms with Gasteiger partial charge in [-0.25, -0.2) is 0 Å². The van der Waals surface area contributed by atoms with Gasteiger partial charge in [-0.15, -0.1) is 0 Å². The van der Waals surface area contributed by atoms with Gasteiger partial charge in [-0.3, -0.25) is 5.41 Å². The minimum absolute atomic E-state index is 0.112. The number of amidine groups is 1. The highest BCUT2D eigenvalue weighted by Crippen LogP contribution is 2.29. The van der Waals surface area contributed by atoms with Crippen molar-refractivity contribution >= 4 is 28.4 Å². The van der Waals surface area contributed by atoms with E-state index >= 15 is 0 Å². The Bertz CT molecular complexity index is 618. The number of nitrogen functional groups attached to an aromatic ring is 1. The summed E-state index contributed by atoms with van der Waals surface area (Å²) in [6.45, 7) is 4.21. The van der Waals surface area contributed by atoms with Crippen LogP contribution >= 0.6 is 22.6 Å². The number of hydrogen-bond donors (Lipinski definition) is 2. The highest BCUT2D eigenvalue weighted by Gasteiger charge is 2.08. The third kappa shape index (κ3) is 2.56. The van der Waals surface area contributed by atoms with Crippen molar-refractivity contribution < 1.29 is 0 Å². The standard InChI is InChI=1S/C15H15IN2/c1-9-3-4-10(2)13(7-9)12-6-5-11(15(17)18)8-14(12)16/h3-8H,1-2H3,(H3,17,18). The molecule has 0 saturated heterocycles. The van der Waals surface area contributed by atoms with Crippen LogP contribution in [0.3, 0.4) is 0 Å². The number of benzene rings is 2. The first-order chi connectivity index (χ1) is 8.49. The van der Waals surface area contributed by atoms with Crippen molar-refractivity contribution in [3.8, 4) is 11.1 Å². The fourth-order valence-electron chi connectivity index (χ4n) is 1.93. The molecule has 0 saturated carbocycles. The van der Waals surface area contributed by atoms with E-state index in [0.717, 1.165) is 9.13 Å². The van der Waals surface area contributed by atoms with Gasteiger partial charge < -0.3 is 5.73 Å². The summed E-state index contributed by atoms with van der Waals surface area (Å²) in [6.07, 6.45) is 0. The summed E-state index contributed by atoms with van der Waals surface area (Å²) in [4.78, 5) is 0. The zero-order valence-electron chi connectivity index (χ0n) is 10.4. The van der Waals surface area contributed by atoms with Crippen LogP contribution in [-0.2, 0) is 0 Å². The lowest BCUT2D eigenvalue weighted by molar-refractivity contribution is 1.38. The van der Waals surface area contributed by atoms with Crippen molar-refractivity contribution in [1.29, 1.82) is 5.41 Å². The van der Waals surface area contributed by atoms with Gasteiger partial charge in [-0.1, -0.05) is 35.9 Å². The minimum Gasteiger partial charge on any atom is -0.384 e. The molecule has 3 N–H and O–H groups in total. The molecule has 0 aliphatic carbocycles. The zero-order chi connectivity index (χ0) is 13.3. The number of rotatable bonds is 2. The van der Waals surface area contributed by atoms with E-state index < -0.39 is 0 Å². The Hall–Kier alpha value is -1.36. The average molecular weight is 350 g/mol. The molecule has 0 aromatic heterocycles. The molecule has 2 aromatic carbocycles. The summed E-state index contributed by atoms with van der Waals surface area (Å²) >= 11 is 2.30. The molecule has 92 valence electrons. The Balaban J connectivity index is 2.58. The molecule has 0 heterocycles. The van der Waals surface area contributed by atoms with Crippen LogP contribution in [0.2, 0.25) is 0 Å². The quantitative estimate of drug-likeness (QED) is 0.482. The molecule has 0 spiro atoms. The van der Waals surface area contributed by atoms with Gasteiger partial charge in [0.25, 0.3) is 0 Å². The van der Waals surface area contributed by atoms with Crippen molar-refractivity contribution in [2.45, 2.75) is 13.8 Å². The first kappa shape index (κ1) is 13.1. The monoisotopic (exact) mass is 350 g/mol. The number of halogens is 1. The number of aryl methyl sites for hydroxylation is 2. The Kier molecular flexibility index (Phi) is 3.71. The van der Waals surface area contributed by atoms with Gasteiger partial charge in [-0.05, 0) is 59.2 Å². The summed E-state index contributed by atoms with van der Waals surface area (Å²) in [5.74, 6) is 0.112. The van der Waals surface area contributed by atoms with Gasteiger partial charge in [0, 0.05) is 9.13 Å². The van der Waals surface area contributed by atoms with Gasteiger partial charge in [0.2, 0.25) is 0 Å². The minimum atomic E-state index is 0.112. The van der Waals surface area contributed by atoms with E-state index in [9.17, 15) is 0 Å². The van der Waals surface area contributed by atoms with Crippen molar-refractivity contribution in [2.24, 2.45) is 5.73 Å². The first-order valence-corrected chi connectivity index (χ1v) is 6.78. The molecule has 0 fully saturated rings. The van der Waals surface area contributed by atoms with Gasteiger partial charge in [0.05, 0.1) is 0 Å². The van der Waals surface area contributed by atoms with E-state index in [-0.39, 0.29) is 5.84 Å². The Morgan fingerprint density at radius 3 is 2.39 bits per heavy atom. The second-order valence-corrected chi connectivity index (χ2v) is 5.59. The van der Waals surface area contributed by atoms with E-state index in [1.165, 1.54) is 22.3 Å². The Morgan fingerprint density at radius 2 is 1.78 bits per heavy atom. The largest absolute Gasteiger partial charge is 0.384 e. The molecule has 3 heteroatoms. The van der Waals surface area contributed by atoms with E-state index in [1.807, 2.05) is 18.2 Å². The summed E-state index contributed by atoms with van der Waals surface area (Å²) in [6, 6.07) is 12.4. The van der Waals surface area contributed by atoms with Crippen LogP contribution in [0.5, 0.6) is 0 Å². The molecule has 0 aliphatic rings. The molecule has 0 atom stereocenters. The second kappa shape index (κ2) is 5.10. The van der Waals surface area contributed by atoms with Crippen LogP contribution < -0.4 is 5.73 Å². The number of nitrogens with two attached hydrogens (primary N) is 1. The number of hydrogen-bond acceptors (Lipinski definition) is 1. The molecular formula is C15H15IN2. The van der Waals surface area contributed by atoms with Crippen LogP contribution in [0.1, 0.15) is 16.7 Å². The first-order valence-electron chi connectivity index (χ1n) is 5.70. The molecule has 0 radical (unpaired) electrons. The van der Waals surface area contributed by atoms with Crippen LogP contribution in [0.15, 0.2) is 36.4 Å². The maximum absolute atomic E-state index is 7.46. The second-order valence-electron chi connectivity index (χ2n) is 4.43. The van der Waals surface area contributed by atoms with Gasteiger partial charge in [-0.2, -0.15) is 0 Å². The van der Waals surface area contributed by atoms with E-state index in [2.05, 4.69) is 54.6 Å². The van der Waals surface area contributed by atoms with Gasteiger partial charge in [0.15, 0.2) is 0 Å². The predicted octanol–water partition coefficient (Wildman–Crippen LogP) is 3.86. The molecule has 0 amide bonds. The third-order valence-corrected chi connectivity index (χ3v) is 3.86. The zero-order valence-corrected chi connectivity index (χ0v) is 12.6. The fourth-order valence-corrected chi connectivity index (χ4v) is 2.73. The summed E-state index contributed by atoms with van der Waals surface area (Å²) < 4.78 is 1.12. The van der Waals surface area contributed by atoms with Crippen LogP contribution in [-0.4, -0.2) is 5.84 Å². The number of nitrogens with one attached hydrogen (secondary N) is 1. The van der Waals surface area contributed by atoms with E-state index in [4.69, 9.17) is 11.1 Å². The van der Waals surface area contributed by atoms with Crippen molar-refractivity contribution in [3.63, 3.8) is 0 Å². The third-order valence-electron chi connectivity index (χ3n) is 2.96. The lowest BCUT2D eigenvalue weighted by Gasteiger charge is -2.11. The lowest BCUT2D eigenvalue weighted by Crippen LogP contribution is -2.11. The lowest BCUT2D eigenvalue weighted by atomic mass is 9.97. The highest BCUT2D eigenvalue weighted by molar-refractivity contribution is 14.1. The van der Waals surface area contributed by atoms with Crippen LogP contribution in [0.25, 0.3) is 11.1 Å². The van der Waals surface area contributed by atoms with Crippen molar-refractivity contribution in [3.05, 3.63) is 56.7 Å².